The van der Waals surface area contributed by atoms with Gasteiger partial charge in [-0.2, -0.15) is 5.10 Å². The number of rotatable bonds is 9. The van der Waals surface area contributed by atoms with Crippen molar-refractivity contribution in [3.05, 3.63) is 35.7 Å². The first kappa shape index (κ1) is 23.8. The molecule has 178 valence electrons. The summed E-state index contributed by atoms with van der Waals surface area (Å²) in [6, 6.07) is 5.43. The van der Waals surface area contributed by atoms with E-state index >= 15 is 0 Å². The fourth-order valence-electron chi connectivity index (χ4n) is 3.05. The third-order valence-electron chi connectivity index (χ3n) is 4.79. The van der Waals surface area contributed by atoms with Crippen molar-refractivity contribution in [1.29, 1.82) is 0 Å². The smallest absolute Gasteiger partial charge is 0.415 e. The van der Waals surface area contributed by atoms with E-state index in [1.54, 1.807) is 12.3 Å². The Kier molecular flexibility index (Phi) is 7.50. The van der Waals surface area contributed by atoms with Crippen LogP contribution in [-0.2, 0) is 4.74 Å². The molecule has 2 N–H and O–H groups in total. The Labute approximate surface area is 205 Å². The molecular weight excluding hydrogens is 478 g/mol. The second kappa shape index (κ2) is 10.7. The molecule has 1 aromatic carbocycles. The molecule has 13 heteroatoms. The van der Waals surface area contributed by atoms with Gasteiger partial charge in [-0.25, -0.2) is 14.8 Å². The van der Waals surface area contributed by atoms with Gasteiger partial charge in [0, 0.05) is 24.5 Å². The lowest BCUT2D eigenvalue weighted by Crippen LogP contribution is -2.37. The molecule has 34 heavy (non-hydrogen) atoms. The number of benzene rings is 1. The van der Waals surface area contributed by atoms with Gasteiger partial charge in [-0.05, 0) is 32.6 Å². The highest BCUT2D eigenvalue weighted by Crippen LogP contribution is 2.34. The number of likely N-dealkylation sites (N-methyl/N-ethyl adjacent to an activating group) is 1. The van der Waals surface area contributed by atoms with Crippen LogP contribution < -0.4 is 10.2 Å². The minimum absolute atomic E-state index is 0.341. The summed E-state index contributed by atoms with van der Waals surface area (Å²) >= 11 is 7.80. The number of halogens is 1. The van der Waals surface area contributed by atoms with E-state index in [1.165, 1.54) is 22.6 Å². The predicted molar refractivity (Wildman–Crippen MR) is 133 cm³/mol. The van der Waals surface area contributed by atoms with Crippen LogP contribution in [0.15, 0.2) is 30.7 Å². The summed E-state index contributed by atoms with van der Waals surface area (Å²) in [4.78, 5) is 24.7. The van der Waals surface area contributed by atoms with Gasteiger partial charge >= 0.3 is 6.09 Å². The van der Waals surface area contributed by atoms with E-state index in [0.29, 0.717) is 52.1 Å². The summed E-state index contributed by atoms with van der Waals surface area (Å²) in [5.74, 6) is 0.436. The van der Waals surface area contributed by atoms with Gasteiger partial charge in [0.05, 0.1) is 29.0 Å². The number of carbonyl (C=O) groups excluding carboxylic acids is 1. The van der Waals surface area contributed by atoms with E-state index < -0.39 is 6.09 Å². The number of nitrogens with zero attached hydrogens (tertiary/aromatic N) is 7. The monoisotopic (exact) mass is 501 g/mol. The predicted octanol–water partition coefficient (Wildman–Crippen LogP) is 4.18. The maximum Gasteiger partial charge on any atom is 0.415 e. The molecule has 0 radical (unpaired) electrons. The van der Waals surface area contributed by atoms with Crippen molar-refractivity contribution in [2.24, 2.45) is 0 Å². The van der Waals surface area contributed by atoms with Crippen LogP contribution in [0.2, 0.25) is 5.02 Å². The van der Waals surface area contributed by atoms with Gasteiger partial charge in [0.25, 0.3) is 0 Å². The minimum Gasteiger partial charge on any atom is -0.449 e. The number of hydrogen-bond donors (Lipinski definition) is 2. The van der Waals surface area contributed by atoms with Crippen molar-refractivity contribution in [3.8, 4) is 10.7 Å². The summed E-state index contributed by atoms with van der Waals surface area (Å²) in [7, 11) is 3.88. The third-order valence-corrected chi connectivity index (χ3v) is 6.06. The van der Waals surface area contributed by atoms with Crippen LogP contribution in [0.25, 0.3) is 21.6 Å². The summed E-state index contributed by atoms with van der Waals surface area (Å²) in [5, 5.41) is 21.0. The molecule has 0 saturated carbocycles. The lowest BCUT2D eigenvalue weighted by Gasteiger charge is -2.23. The Hall–Kier alpha value is -3.35. The number of nitrogens with one attached hydrogen (secondary N) is 2. The summed E-state index contributed by atoms with van der Waals surface area (Å²) in [6.45, 7) is 3.36. The van der Waals surface area contributed by atoms with E-state index in [9.17, 15) is 4.79 Å². The van der Waals surface area contributed by atoms with Gasteiger partial charge in [-0.1, -0.05) is 29.9 Å². The molecule has 0 saturated heterocycles. The highest BCUT2D eigenvalue weighted by atomic mass is 35.5. The molecule has 3 heterocycles. The van der Waals surface area contributed by atoms with Gasteiger partial charge < -0.3 is 15.0 Å². The van der Waals surface area contributed by atoms with E-state index in [-0.39, 0.29) is 0 Å². The van der Waals surface area contributed by atoms with Gasteiger partial charge in [0.1, 0.15) is 17.8 Å². The fraction of sp³-hybridized carbons (Fsp3) is 0.333. The Morgan fingerprint density at radius 1 is 1.24 bits per heavy atom. The second-order valence-corrected chi connectivity index (χ2v) is 8.98. The Morgan fingerprint density at radius 3 is 2.88 bits per heavy atom. The third kappa shape index (κ3) is 5.41. The molecule has 0 spiro atoms. The highest BCUT2D eigenvalue weighted by molar-refractivity contribution is 7.18. The zero-order valence-corrected chi connectivity index (χ0v) is 20.5. The van der Waals surface area contributed by atoms with Crippen molar-refractivity contribution in [2.75, 3.05) is 44.0 Å². The first-order valence-corrected chi connectivity index (χ1v) is 11.8. The molecule has 4 rings (SSSR count). The number of fused-ring (bicyclic) bond motifs is 1. The Balaban J connectivity index is 1.55. The summed E-state index contributed by atoms with van der Waals surface area (Å²) in [6.07, 6.45) is 3.36. The van der Waals surface area contributed by atoms with Gasteiger partial charge in [-0.15, -0.1) is 10.2 Å². The molecule has 11 nitrogen and oxygen atoms in total. The van der Waals surface area contributed by atoms with Crippen molar-refractivity contribution >= 4 is 56.6 Å². The number of anilines is 3. The van der Waals surface area contributed by atoms with Crippen molar-refractivity contribution in [1.82, 2.24) is 35.3 Å². The van der Waals surface area contributed by atoms with Crippen molar-refractivity contribution < 1.29 is 9.53 Å². The molecule has 3 aromatic heterocycles. The molecule has 1 amide bonds. The molecule has 4 aromatic rings. The molecule has 0 bridgehead atoms. The number of aromatic amines is 1. The van der Waals surface area contributed by atoms with E-state index in [4.69, 9.17) is 16.3 Å². The first-order valence-electron chi connectivity index (χ1n) is 10.6. The molecule has 0 unspecified atom stereocenters. The van der Waals surface area contributed by atoms with Crippen LogP contribution in [-0.4, -0.2) is 75.1 Å². The van der Waals surface area contributed by atoms with Gasteiger partial charge in [-0.3, -0.25) is 10.00 Å². The number of H-pyrrole nitrogens is 1. The van der Waals surface area contributed by atoms with E-state index in [1.807, 2.05) is 38.1 Å². The standard InChI is InChI=1S/C21H24ClN9O2S/c1-4-9-33-21(32)31(8-7-30(2)3)17-10-16(23-12-24-17)19-28-29-20(34-19)26-15-6-5-14-13(18(15)22)11-25-27-14/h5-6,10-12H,4,7-9H2,1-3H3,(H,25,27)(H,26,29). The van der Waals surface area contributed by atoms with Crippen molar-refractivity contribution in [3.63, 3.8) is 0 Å². The Morgan fingerprint density at radius 2 is 2.09 bits per heavy atom. The zero-order chi connectivity index (χ0) is 24.1. The first-order chi connectivity index (χ1) is 16.5. The molecular formula is C21H24ClN9O2S. The largest absolute Gasteiger partial charge is 0.449 e. The molecule has 0 aliphatic heterocycles. The average Bonchev–Trinajstić information content (AvgIpc) is 3.50. The van der Waals surface area contributed by atoms with Crippen LogP contribution in [0.4, 0.5) is 21.4 Å². The molecule has 0 atom stereocenters. The number of amides is 1. The molecule has 0 aliphatic rings. The topological polar surface area (TPSA) is 125 Å². The second-order valence-electron chi connectivity index (χ2n) is 7.63. The fourth-order valence-corrected chi connectivity index (χ4v) is 4.03. The normalized spacial score (nSPS) is 11.2. The number of hydrogen-bond acceptors (Lipinski definition) is 10. The highest BCUT2D eigenvalue weighted by Gasteiger charge is 2.20. The minimum atomic E-state index is -0.447. The van der Waals surface area contributed by atoms with E-state index in [2.05, 4.69) is 35.7 Å². The van der Waals surface area contributed by atoms with Gasteiger partial charge in [0.15, 0.2) is 5.01 Å². The van der Waals surface area contributed by atoms with E-state index in [0.717, 1.165) is 17.3 Å². The summed E-state index contributed by atoms with van der Waals surface area (Å²) < 4.78 is 5.35. The molecule has 0 aliphatic carbocycles. The number of aromatic nitrogens is 6. The summed E-state index contributed by atoms with van der Waals surface area (Å²) in [5.41, 5.74) is 2.08. The lowest BCUT2D eigenvalue weighted by atomic mass is 10.2. The van der Waals surface area contributed by atoms with Crippen LogP contribution >= 0.6 is 22.9 Å². The van der Waals surface area contributed by atoms with Crippen LogP contribution in [0.1, 0.15) is 13.3 Å². The number of carbonyl (C=O) groups is 1. The van der Waals surface area contributed by atoms with Crippen LogP contribution in [0, 0.1) is 0 Å². The number of ether oxygens (including phenoxy) is 1. The molecule has 0 fully saturated rings. The van der Waals surface area contributed by atoms with Gasteiger partial charge in [0.2, 0.25) is 5.13 Å². The maximum atomic E-state index is 12.6. The maximum absolute atomic E-state index is 12.6. The van der Waals surface area contributed by atoms with Crippen LogP contribution in [0.3, 0.4) is 0 Å². The Bertz CT molecular complexity index is 1280. The van der Waals surface area contributed by atoms with Crippen molar-refractivity contribution in [2.45, 2.75) is 13.3 Å². The lowest BCUT2D eigenvalue weighted by molar-refractivity contribution is 0.153. The quantitative estimate of drug-likeness (QED) is 0.347. The SMILES string of the molecule is CCCOC(=O)N(CCN(C)C)c1cc(-c2nnc(Nc3ccc4[nH]ncc4c3Cl)s2)ncn1. The van der Waals surface area contributed by atoms with Crippen LogP contribution in [0.5, 0.6) is 0 Å². The average molecular weight is 502 g/mol. The zero-order valence-electron chi connectivity index (χ0n) is 18.9.